The lowest BCUT2D eigenvalue weighted by atomic mass is 9.64. The third-order valence-corrected chi connectivity index (χ3v) is 12.8. The normalized spacial score (nSPS) is 40.1. The number of rotatable bonds is 11. The summed E-state index contributed by atoms with van der Waals surface area (Å²) in [4.78, 5) is 2.72. The zero-order valence-electron chi connectivity index (χ0n) is 28.9. The van der Waals surface area contributed by atoms with Gasteiger partial charge >= 0.3 is 0 Å². The van der Waals surface area contributed by atoms with Crippen LogP contribution in [0.1, 0.15) is 98.0 Å². The Hall–Kier alpha value is -1.50. The molecule has 1 spiro atoms. The number of piperidine rings is 1. The second kappa shape index (κ2) is 14.3. The Kier molecular flexibility index (Phi) is 10.6. The van der Waals surface area contributed by atoms with Gasteiger partial charge in [0.25, 0.3) is 0 Å². The molecule has 5 aliphatic rings. The Morgan fingerprint density at radius 3 is 2.60 bits per heavy atom. The smallest absolute Gasteiger partial charge is 0.0765 e. The van der Waals surface area contributed by atoms with E-state index in [1.807, 2.05) is 6.07 Å². The maximum absolute atomic E-state index is 10.2. The molecule has 1 aromatic carbocycles. The molecule has 1 saturated carbocycles. The largest absolute Gasteiger partial charge is 0.389 e. The lowest BCUT2D eigenvalue weighted by Gasteiger charge is -2.42. The van der Waals surface area contributed by atoms with E-state index in [1.54, 1.807) is 11.1 Å². The van der Waals surface area contributed by atoms with Crippen molar-refractivity contribution in [3.8, 4) is 0 Å². The van der Waals surface area contributed by atoms with Crippen molar-refractivity contribution in [2.24, 2.45) is 35.0 Å². The minimum absolute atomic E-state index is 0.0454. The third kappa shape index (κ3) is 7.04. The van der Waals surface area contributed by atoms with Gasteiger partial charge in [-0.25, -0.2) is 0 Å². The number of ether oxygens (including phenoxy) is 3. The molecular weight excluding hydrogens is 558 g/mol. The van der Waals surface area contributed by atoms with Crippen LogP contribution in [-0.4, -0.2) is 66.8 Å². The van der Waals surface area contributed by atoms with Crippen LogP contribution in [0.5, 0.6) is 0 Å². The SMILES string of the molecule is CCCC1[C@@H]2CC[C@@]3(CC(C)=C2C[C@@H]1[C@]1(C)C=C[C@@H](O)CC1)O[C@@H]1C[C@H](C)CN(CCOCCOCc2ccccc2)[C@H]1[C@H]3C. The van der Waals surface area contributed by atoms with Crippen molar-refractivity contribution in [1.82, 2.24) is 4.90 Å². The lowest BCUT2D eigenvalue weighted by molar-refractivity contribution is -0.0805. The average Bonchev–Trinajstić information content (AvgIpc) is 3.48. The van der Waals surface area contributed by atoms with E-state index < -0.39 is 0 Å². The average molecular weight is 620 g/mol. The highest BCUT2D eigenvalue weighted by atomic mass is 16.5. The number of fused-ring (bicyclic) bond motifs is 2. The van der Waals surface area contributed by atoms with Crippen LogP contribution in [0.4, 0.5) is 0 Å². The molecule has 0 aromatic heterocycles. The number of benzene rings is 1. The van der Waals surface area contributed by atoms with Gasteiger partial charge in [-0.05, 0) is 92.9 Å². The van der Waals surface area contributed by atoms with E-state index in [0.29, 0.717) is 55.6 Å². The first-order valence-electron chi connectivity index (χ1n) is 18.4. The van der Waals surface area contributed by atoms with Gasteiger partial charge in [0.1, 0.15) is 0 Å². The van der Waals surface area contributed by atoms with Gasteiger partial charge < -0.3 is 19.3 Å². The van der Waals surface area contributed by atoms with E-state index >= 15 is 0 Å². The van der Waals surface area contributed by atoms with Crippen LogP contribution >= 0.6 is 0 Å². The highest BCUT2D eigenvalue weighted by Crippen LogP contribution is 2.60. The van der Waals surface area contributed by atoms with E-state index in [2.05, 4.69) is 75.9 Å². The maximum atomic E-state index is 10.2. The zero-order valence-corrected chi connectivity index (χ0v) is 28.9. The zero-order chi connectivity index (χ0) is 31.6. The van der Waals surface area contributed by atoms with Gasteiger partial charge in [0.15, 0.2) is 0 Å². The van der Waals surface area contributed by atoms with Gasteiger partial charge in [0, 0.05) is 25.0 Å². The summed E-state index contributed by atoms with van der Waals surface area (Å²) in [6.07, 6.45) is 15.1. The van der Waals surface area contributed by atoms with Crippen LogP contribution < -0.4 is 0 Å². The van der Waals surface area contributed by atoms with Gasteiger partial charge in [0.2, 0.25) is 0 Å². The first-order chi connectivity index (χ1) is 21.7. The van der Waals surface area contributed by atoms with Crippen LogP contribution in [0.15, 0.2) is 53.6 Å². The summed E-state index contributed by atoms with van der Waals surface area (Å²) in [5.74, 6) is 3.28. The number of nitrogens with zero attached hydrogens (tertiary/aromatic N) is 1. The molecule has 2 heterocycles. The first-order valence-corrected chi connectivity index (χ1v) is 18.4. The van der Waals surface area contributed by atoms with Crippen molar-refractivity contribution in [3.63, 3.8) is 0 Å². The summed E-state index contributed by atoms with van der Waals surface area (Å²) < 4.78 is 19.3. The van der Waals surface area contributed by atoms with E-state index in [0.717, 1.165) is 44.9 Å². The number of hydrogen-bond acceptors (Lipinski definition) is 5. The topological polar surface area (TPSA) is 51.2 Å². The molecule has 1 N–H and O–H groups in total. The van der Waals surface area contributed by atoms with Crippen molar-refractivity contribution in [3.05, 3.63) is 59.2 Å². The predicted molar refractivity (Wildman–Crippen MR) is 182 cm³/mol. The predicted octanol–water partition coefficient (Wildman–Crippen LogP) is 7.97. The van der Waals surface area contributed by atoms with Crippen molar-refractivity contribution < 1.29 is 19.3 Å². The van der Waals surface area contributed by atoms with Crippen molar-refractivity contribution in [1.29, 1.82) is 0 Å². The summed E-state index contributed by atoms with van der Waals surface area (Å²) in [5, 5.41) is 10.2. The fourth-order valence-electron chi connectivity index (χ4n) is 10.5. The molecule has 6 rings (SSSR count). The molecule has 0 radical (unpaired) electrons. The number of hydrogen-bond donors (Lipinski definition) is 1. The summed E-state index contributed by atoms with van der Waals surface area (Å²) in [5.41, 5.74) is 4.77. The molecule has 0 amide bonds. The summed E-state index contributed by atoms with van der Waals surface area (Å²) in [6, 6.07) is 10.8. The minimum Gasteiger partial charge on any atom is -0.389 e. The number of aliphatic hydroxyl groups is 1. The van der Waals surface area contributed by atoms with E-state index in [9.17, 15) is 5.11 Å². The molecule has 0 bridgehead atoms. The summed E-state index contributed by atoms with van der Waals surface area (Å²) >= 11 is 0. The fourth-order valence-corrected chi connectivity index (χ4v) is 10.5. The second-order valence-electron chi connectivity index (χ2n) is 15.8. The van der Waals surface area contributed by atoms with Gasteiger partial charge in [-0.2, -0.15) is 0 Å². The van der Waals surface area contributed by atoms with Gasteiger partial charge in [-0.3, -0.25) is 4.90 Å². The Morgan fingerprint density at radius 2 is 1.84 bits per heavy atom. The van der Waals surface area contributed by atoms with Crippen LogP contribution in [0.2, 0.25) is 0 Å². The molecule has 1 aromatic rings. The van der Waals surface area contributed by atoms with Crippen LogP contribution in [0.25, 0.3) is 0 Å². The van der Waals surface area contributed by atoms with E-state index in [1.165, 1.54) is 44.1 Å². The molecule has 10 atom stereocenters. The van der Waals surface area contributed by atoms with Crippen LogP contribution in [-0.2, 0) is 20.8 Å². The molecule has 5 nitrogen and oxygen atoms in total. The molecule has 5 heteroatoms. The van der Waals surface area contributed by atoms with Crippen LogP contribution in [0.3, 0.4) is 0 Å². The molecule has 3 fully saturated rings. The molecule has 2 aliphatic heterocycles. The lowest BCUT2D eigenvalue weighted by Crippen LogP contribution is -2.52. The van der Waals surface area contributed by atoms with Gasteiger partial charge in [-0.1, -0.05) is 87.7 Å². The van der Waals surface area contributed by atoms with E-state index in [-0.39, 0.29) is 17.1 Å². The Balaban J connectivity index is 1.09. The highest BCUT2D eigenvalue weighted by Gasteiger charge is 2.58. The van der Waals surface area contributed by atoms with Crippen LogP contribution in [0, 0.1) is 35.0 Å². The Morgan fingerprint density at radius 1 is 1.04 bits per heavy atom. The Bertz CT molecular complexity index is 1180. The van der Waals surface area contributed by atoms with Crippen molar-refractivity contribution >= 4 is 0 Å². The molecule has 2 saturated heterocycles. The monoisotopic (exact) mass is 619 g/mol. The van der Waals surface area contributed by atoms with E-state index in [4.69, 9.17) is 14.2 Å². The summed E-state index contributed by atoms with van der Waals surface area (Å²) in [7, 11) is 0. The third-order valence-electron chi connectivity index (χ3n) is 12.8. The fraction of sp³-hybridized carbons (Fsp3) is 0.750. The summed E-state index contributed by atoms with van der Waals surface area (Å²) in [6.45, 7) is 17.0. The molecule has 3 aliphatic carbocycles. The van der Waals surface area contributed by atoms with Gasteiger partial charge in [-0.15, -0.1) is 0 Å². The molecule has 250 valence electrons. The second-order valence-corrected chi connectivity index (χ2v) is 15.8. The number of allylic oxidation sites excluding steroid dienone is 2. The van der Waals surface area contributed by atoms with Crippen molar-refractivity contribution in [2.75, 3.05) is 32.9 Å². The highest BCUT2D eigenvalue weighted by molar-refractivity contribution is 5.29. The first kappa shape index (κ1) is 33.4. The number of likely N-dealkylation sites (tertiary alicyclic amines) is 1. The molecule has 45 heavy (non-hydrogen) atoms. The molecular formula is C40H61NO4. The minimum atomic E-state index is -0.257. The quantitative estimate of drug-likeness (QED) is 0.201. The maximum Gasteiger partial charge on any atom is 0.0765 e. The van der Waals surface area contributed by atoms with Gasteiger partial charge in [0.05, 0.1) is 44.2 Å². The number of aliphatic hydroxyl groups excluding tert-OH is 1. The Labute approximate surface area is 273 Å². The molecule has 1 unspecified atom stereocenters. The van der Waals surface area contributed by atoms with Crippen molar-refractivity contribution in [2.45, 2.75) is 123 Å². The standard InChI is InChI=1S/C40H61NO4/c1-6-10-34-33-15-18-40(25-29(3)35(33)24-36(34)39(5)16-13-32(42)14-17-39)30(4)38-37(45-40)23-28(2)26-41(38)19-20-43-21-22-44-27-31-11-8-7-9-12-31/h7-9,11-13,16,28,30,32-34,36-38,42H,6,10,14-15,17-27H2,1-5H3/t28-,30+,32+,33-,34?,36-,37+,38-,39+,40-/m0/s1.